The fourth-order valence-corrected chi connectivity index (χ4v) is 1.31. The molecule has 0 saturated heterocycles. The second kappa shape index (κ2) is 8.07. The van der Waals surface area contributed by atoms with Crippen molar-refractivity contribution in [3.63, 3.8) is 0 Å². The Balaban J connectivity index is 2.05. The van der Waals surface area contributed by atoms with Crippen molar-refractivity contribution in [3.8, 4) is 0 Å². The number of hydrogen-bond acceptors (Lipinski definition) is 4. The summed E-state index contributed by atoms with van der Waals surface area (Å²) >= 11 is 0. The predicted molar refractivity (Wildman–Crippen MR) is 64.8 cm³/mol. The summed E-state index contributed by atoms with van der Waals surface area (Å²) in [5.74, 6) is 0. The van der Waals surface area contributed by atoms with E-state index in [1.807, 2.05) is 19.2 Å². The fourth-order valence-electron chi connectivity index (χ4n) is 1.31. The van der Waals surface area contributed by atoms with Gasteiger partial charge in [0.05, 0.1) is 13.2 Å². The highest BCUT2D eigenvalue weighted by molar-refractivity contribution is 5.48. The summed E-state index contributed by atoms with van der Waals surface area (Å²) in [6.45, 7) is 5.06. The van der Waals surface area contributed by atoms with Gasteiger partial charge in [-0.05, 0) is 25.0 Å². The fraction of sp³-hybridized carbons (Fsp3) is 0.583. The van der Waals surface area contributed by atoms with Crippen LogP contribution in [0.2, 0.25) is 0 Å². The Bertz CT molecular complexity index is 292. The van der Waals surface area contributed by atoms with E-state index in [1.54, 1.807) is 13.3 Å². The molecule has 4 heteroatoms. The highest BCUT2D eigenvalue weighted by atomic mass is 16.5. The molecule has 0 saturated carbocycles. The number of nitrogens with zero attached hydrogens (tertiary/aromatic N) is 1. The molecule has 0 aliphatic carbocycles. The maximum absolute atomic E-state index is 5.36. The molecule has 16 heavy (non-hydrogen) atoms. The van der Waals surface area contributed by atoms with Gasteiger partial charge in [0.25, 0.3) is 0 Å². The maximum atomic E-state index is 5.36. The van der Waals surface area contributed by atoms with E-state index in [-0.39, 0.29) is 0 Å². The molecule has 1 aromatic heterocycles. The molecule has 0 amide bonds. The van der Waals surface area contributed by atoms with Gasteiger partial charge in [0.2, 0.25) is 0 Å². The van der Waals surface area contributed by atoms with Crippen molar-refractivity contribution in [3.05, 3.63) is 24.0 Å². The summed E-state index contributed by atoms with van der Waals surface area (Å²) in [4.78, 5) is 4.04. The number of aryl methyl sites for hydroxylation is 1. The summed E-state index contributed by atoms with van der Waals surface area (Å²) < 4.78 is 10.3. The number of ether oxygens (including phenoxy) is 2. The quantitative estimate of drug-likeness (QED) is 0.684. The largest absolute Gasteiger partial charge is 0.385 e. The van der Waals surface area contributed by atoms with Crippen molar-refractivity contribution in [2.75, 3.05) is 38.8 Å². The number of pyridine rings is 1. The third-order valence-corrected chi connectivity index (χ3v) is 2.23. The van der Waals surface area contributed by atoms with Crippen LogP contribution in [0.4, 0.5) is 5.69 Å². The minimum absolute atomic E-state index is 0.664. The first-order valence-electron chi connectivity index (χ1n) is 5.55. The molecule has 1 aromatic rings. The highest BCUT2D eigenvalue weighted by Gasteiger charge is 1.95. The summed E-state index contributed by atoms with van der Waals surface area (Å²) in [5, 5.41) is 3.35. The zero-order valence-corrected chi connectivity index (χ0v) is 10.0. The number of rotatable bonds is 8. The first-order chi connectivity index (χ1) is 7.84. The van der Waals surface area contributed by atoms with E-state index < -0.39 is 0 Å². The lowest BCUT2D eigenvalue weighted by Crippen LogP contribution is -2.09. The summed E-state index contributed by atoms with van der Waals surface area (Å²) in [5.41, 5.74) is 2.31. The second-order valence-electron chi connectivity index (χ2n) is 3.58. The highest BCUT2D eigenvalue weighted by Crippen LogP contribution is 2.10. The molecule has 0 fully saturated rings. The third-order valence-electron chi connectivity index (χ3n) is 2.23. The molecular weight excluding hydrogens is 204 g/mol. The summed E-state index contributed by atoms with van der Waals surface area (Å²) in [6, 6.07) is 1.99. The lowest BCUT2D eigenvalue weighted by molar-refractivity contribution is 0.0705. The van der Waals surface area contributed by atoms with Gasteiger partial charge in [-0.3, -0.25) is 4.98 Å². The van der Waals surface area contributed by atoms with E-state index in [0.717, 1.165) is 25.3 Å². The normalized spacial score (nSPS) is 10.4. The van der Waals surface area contributed by atoms with Gasteiger partial charge in [-0.1, -0.05) is 0 Å². The van der Waals surface area contributed by atoms with Crippen LogP contribution in [0.3, 0.4) is 0 Å². The molecule has 0 unspecified atom stereocenters. The Labute approximate surface area is 97.0 Å². The molecule has 0 bridgehead atoms. The Morgan fingerprint density at radius 3 is 2.94 bits per heavy atom. The zero-order chi connectivity index (χ0) is 11.6. The average molecular weight is 224 g/mol. The number of hydrogen-bond donors (Lipinski definition) is 1. The Morgan fingerprint density at radius 2 is 2.19 bits per heavy atom. The zero-order valence-electron chi connectivity index (χ0n) is 10.0. The van der Waals surface area contributed by atoms with Crippen LogP contribution in [-0.4, -0.2) is 38.5 Å². The predicted octanol–water partition coefficient (Wildman–Crippen LogP) is 1.86. The average Bonchev–Trinajstić information content (AvgIpc) is 2.30. The molecule has 0 radical (unpaired) electrons. The van der Waals surface area contributed by atoms with Crippen LogP contribution in [0, 0.1) is 6.92 Å². The van der Waals surface area contributed by atoms with E-state index in [2.05, 4.69) is 10.3 Å². The summed E-state index contributed by atoms with van der Waals surface area (Å²) in [7, 11) is 1.68. The lowest BCUT2D eigenvalue weighted by atomic mass is 10.2. The van der Waals surface area contributed by atoms with Crippen LogP contribution in [0.15, 0.2) is 18.5 Å². The van der Waals surface area contributed by atoms with Crippen LogP contribution in [0.5, 0.6) is 0 Å². The Hall–Kier alpha value is -1.13. The minimum atomic E-state index is 0.664. The molecule has 0 atom stereocenters. The van der Waals surface area contributed by atoms with E-state index in [1.165, 1.54) is 5.56 Å². The molecule has 1 N–H and O–H groups in total. The smallest absolute Gasteiger partial charge is 0.0700 e. The van der Waals surface area contributed by atoms with E-state index in [4.69, 9.17) is 9.47 Å². The molecule has 0 spiro atoms. The van der Waals surface area contributed by atoms with Crippen LogP contribution < -0.4 is 5.32 Å². The topological polar surface area (TPSA) is 43.4 Å². The Morgan fingerprint density at radius 1 is 1.31 bits per heavy atom. The van der Waals surface area contributed by atoms with Crippen molar-refractivity contribution in [2.45, 2.75) is 13.3 Å². The SMILES string of the molecule is COCCOCCCNc1ccncc1C. The van der Waals surface area contributed by atoms with Gasteiger partial charge in [0, 0.05) is 38.3 Å². The minimum Gasteiger partial charge on any atom is -0.385 e. The second-order valence-corrected chi connectivity index (χ2v) is 3.58. The molecule has 1 heterocycles. The molecule has 0 aromatic carbocycles. The monoisotopic (exact) mass is 224 g/mol. The van der Waals surface area contributed by atoms with Crippen molar-refractivity contribution in [1.29, 1.82) is 0 Å². The van der Waals surface area contributed by atoms with Gasteiger partial charge in [-0.25, -0.2) is 0 Å². The number of anilines is 1. The van der Waals surface area contributed by atoms with Crippen molar-refractivity contribution in [2.24, 2.45) is 0 Å². The van der Waals surface area contributed by atoms with Gasteiger partial charge in [0.1, 0.15) is 0 Å². The van der Waals surface area contributed by atoms with Crippen LogP contribution in [0.25, 0.3) is 0 Å². The van der Waals surface area contributed by atoms with Crippen molar-refractivity contribution < 1.29 is 9.47 Å². The van der Waals surface area contributed by atoms with Crippen molar-refractivity contribution in [1.82, 2.24) is 4.98 Å². The lowest BCUT2D eigenvalue weighted by Gasteiger charge is -2.08. The van der Waals surface area contributed by atoms with Gasteiger partial charge in [-0.2, -0.15) is 0 Å². The molecule has 4 nitrogen and oxygen atoms in total. The van der Waals surface area contributed by atoms with Gasteiger partial charge in [0.15, 0.2) is 0 Å². The molecule has 90 valence electrons. The van der Waals surface area contributed by atoms with Crippen LogP contribution in [-0.2, 0) is 9.47 Å². The summed E-state index contributed by atoms with van der Waals surface area (Å²) in [6.07, 6.45) is 4.65. The first kappa shape index (κ1) is 12.9. The molecule has 1 rings (SSSR count). The molecule has 0 aliphatic heterocycles. The van der Waals surface area contributed by atoms with E-state index in [0.29, 0.717) is 13.2 Å². The van der Waals surface area contributed by atoms with E-state index in [9.17, 15) is 0 Å². The number of methoxy groups -OCH3 is 1. The van der Waals surface area contributed by atoms with Gasteiger partial charge < -0.3 is 14.8 Å². The molecule has 0 aliphatic rings. The van der Waals surface area contributed by atoms with Crippen molar-refractivity contribution >= 4 is 5.69 Å². The van der Waals surface area contributed by atoms with Gasteiger partial charge in [-0.15, -0.1) is 0 Å². The maximum Gasteiger partial charge on any atom is 0.0700 e. The van der Waals surface area contributed by atoms with E-state index >= 15 is 0 Å². The third kappa shape index (κ3) is 5.09. The number of aromatic nitrogens is 1. The molecular formula is C12H20N2O2. The number of nitrogens with one attached hydrogen (secondary N) is 1. The van der Waals surface area contributed by atoms with Crippen LogP contribution >= 0.6 is 0 Å². The Kier molecular flexibility index (Phi) is 6.53. The van der Waals surface area contributed by atoms with Gasteiger partial charge >= 0.3 is 0 Å². The van der Waals surface area contributed by atoms with Crippen LogP contribution in [0.1, 0.15) is 12.0 Å². The first-order valence-corrected chi connectivity index (χ1v) is 5.55. The standard InChI is InChI=1S/C12H20N2O2/c1-11-10-13-6-4-12(11)14-5-3-7-16-9-8-15-2/h4,6,10H,3,5,7-9H2,1-2H3,(H,13,14).